The lowest BCUT2D eigenvalue weighted by molar-refractivity contribution is -0.141. The van der Waals surface area contributed by atoms with E-state index in [1.54, 1.807) is 0 Å². The number of hydrogen-bond acceptors (Lipinski definition) is 8. The summed E-state index contributed by atoms with van der Waals surface area (Å²) in [6.45, 7) is 3.24. The molecule has 1 aromatic heterocycles. The van der Waals surface area contributed by atoms with Crippen LogP contribution in [0.3, 0.4) is 0 Å². The van der Waals surface area contributed by atoms with E-state index in [4.69, 9.17) is 0 Å². The minimum Gasteiger partial charge on any atom is -0.468 e. The Morgan fingerprint density at radius 3 is 2.70 bits per heavy atom. The molecule has 1 aromatic carbocycles. The Bertz CT molecular complexity index is 823. The third-order valence-electron chi connectivity index (χ3n) is 3.77. The van der Waals surface area contributed by atoms with Crippen LogP contribution in [0, 0.1) is 12.8 Å². The van der Waals surface area contributed by atoms with Crippen molar-refractivity contribution in [1.29, 1.82) is 0 Å². The largest absolute Gasteiger partial charge is 0.468 e. The molecule has 1 N–H and O–H groups in total. The van der Waals surface area contributed by atoms with Crippen LogP contribution < -0.4 is 5.32 Å². The number of ether oxygens (including phenoxy) is 1. The number of hydrogen-bond donors (Lipinski definition) is 1. The summed E-state index contributed by atoms with van der Waals surface area (Å²) in [7, 11) is 1.25. The highest BCUT2D eigenvalue weighted by Crippen LogP contribution is 2.19. The van der Waals surface area contributed by atoms with E-state index in [1.807, 2.05) is 31.2 Å². The van der Waals surface area contributed by atoms with Crippen LogP contribution in [0.2, 0.25) is 0 Å². The predicted octanol–water partition coefficient (Wildman–Crippen LogP) is 1.23. The molecule has 0 aliphatic heterocycles. The topological polar surface area (TPSA) is 116 Å². The molecule has 27 heavy (non-hydrogen) atoms. The van der Waals surface area contributed by atoms with Gasteiger partial charge in [0.05, 0.1) is 13.0 Å². The normalized spacial score (nSPS) is 11.7. The number of rotatable bonds is 8. The van der Waals surface area contributed by atoms with E-state index in [-0.39, 0.29) is 23.5 Å². The number of nitrogens with one attached hydrogen (secondary N) is 1. The van der Waals surface area contributed by atoms with Gasteiger partial charge in [0, 0.05) is 12.7 Å². The number of anilines is 1. The Hall–Kier alpha value is -2.75. The predicted molar refractivity (Wildman–Crippen MR) is 100.0 cm³/mol. The first kappa shape index (κ1) is 20.6. The van der Waals surface area contributed by atoms with Gasteiger partial charge in [-0.3, -0.25) is 14.9 Å². The number of aromatic nitrogens is 4. The molecule has 0 aliphatic carbocycles. The first-order chi connectivity index (χ1) is 12.9. The Kier molecular flexibility index (Phi) is 7.47. The highest BCUT2D eigenvalue weighted by molar-refractivity contribution is 8.13. The smallest absolute Gasteiger partial charge is 0.329 e. The van der Waals surface area contributed by atoms with E-state index >= 15 is 0 Å². The van der Waals surface area contributed by atoms with Gasteiger partial charge in [-0.1, -0.05) is 41.1 Å². The number of aryl methyl sites for hydroxylation is 1. The fraction of sp³-hybridized carbons (Fsp3) is 0.412. The molecule has 1 heterocycles. The lowest BCUT2D eigenvalue weighted by Crippen LogP contribution is -2.28. The van der Waals surface area contributed by atoms with Crippen molar-refractivity contribution in [3.8, 4) is 0 Å². The molecular weight excluding hydrogens is 370 g/mol. The number of methoxy groups -OCH3 is 1. The maximum Gasteiger partial charge on any atom is 0.329 e. The van der Waals surface area contributed by atoms with Crippen LogP contribution >= 0.6 is 11.8 Å². The Morgan fingerprint density at radius 1 is 1.30 bits per heavy atom. The van der Waals surface area contributed by atoms with Gasteiger partial charge in [0.25, 0.3) is 5.95 Å². The standard InChI is InChI=1S/C17H21N5O4S/c1-11-6-4-5-7-13(11)8-14(10-27-12(2)23)16(25)18-17-19-21-22(20-17)9-15(24)26-3/h4-7,14H,8-10H2,1-3H3,(H,18,20,25). The van der Waals surface area contributed by atoms with Crippen molar-refractivity contribution < 1.29 is 19.1 Å². The van der Waals surface area contributed by atoms with Crippen LogP contribution in [0.4, 0.5) is 5.95 Å². The fourth-order valence-electron chi connectivity index (χ4n) is 2.30. The first-order valence-electron chi connectivity index (χ1n) is 8.22. The minimum absolute atomic E-state index is 0.00786. The van der Waals surface area contributed by atoms with Crippen LogP contribution in [0.5, 0.6) is 0 Å². The molecule has 0 saturated carbocycles. The summed E-state index contributed by atoms with van der Waals surface area (Å²) in [6.07, 6.45) is 0.481. The summed E-state index contributed by atoms with van der Waals surface area (Å²) < 4.78 is 4.53. The average molecular weight is 391 g/mol. The molecule has 1 amide bonds. The van der Waals surface area contributed by atoms with E-state index in [2.05, 4.69) is 25.5 Å². The van der Waals surface area contributed by atoms with Gasteiger partial charge in [-0.15, -0.1) is 5.10 Å². The van der Waals surface area contributed by atoms with Gasteiger partial charge in [-0.2, -0.15) is 4.80 Å². The zero-order valence-electron chi connectivity index (χ0n) is 15.3. The average Bonchev–Trinajstić information content (AvgIpc) is 3.06. The van der Waals surface area contributed by atoms with Gasteiger partial charge in [-0.25, -0.2) is 4.79 Å². The SMILES string of the molecule is COC(=O)Cn1nnc(NC(=O)C(CSC(C)=O)Cc2ccccc2C)n1. The molecular formula is C17H21N5O4S. The number of thioether (sulfide) groups is 1. The van der Waals surface area contributed by atoms with Crippen LogP contribution in [-0.4, -0.2) is 50.1 Å². The molecule has 0 bridgehead atoms. The van der Waals surface area contributed by atoms with Crippen LogP contribution in [0.1, 0.15) is 18.1 Å². The highest BCUT2D eigenvalue weighted by atomic mass is 32.2. The number of amides is 1. The van der Waals surface area contributed by atoms with Crippen molar-refractivity contribution >= 4 is 34.7 Å². The maximum atomic E-state index is 12.7. The van der Waals surface area contributed by atoms with E-state index in [0.29, 0.717) is 12.2 Å². The molecule has 1 atom stereocenters. The third kappa shape index (κ3) is 6.48. The number of tetrazole rings is 1. The quantitative estimate of drug-likeness (QED) is 0.668. The van der Waals surface area contributed by atoms with Gasteiger partial charge < -0.3 is 4.74 Å². The molecule has 0 fully saturated rings. The molecule has 0 radical (unpaired) electrons. The Balaban J connectivity index is 2.07. The second-order valence-corrected chi connectivity index (χ2v) is 7.04. The molecule has 0 aliphatic rings. The summed E-state index contributed by atoms with van der Waals surface area (Å²) in [5, 5.41) is 13.9. The molecule has 1 unspecified atom stereocenters. The van der Waals surface area contributed by atoms with E-state index in [1.165, 1.54) is 14.0 Å². The summed E-state index contributed by atoms with van der Waals surface area (Å²) in [6, 6.07) is 7.78. The second kappa shape index (κ2) is 9.81. The van der Waals surface area contributed by atoms with E-state index in [9.17, 15) is 14.4 Å². The minimum atomic E-state index is -0.527. The summed E-state index contributed by atoms with van der Waals surface area (Å²) in [5.41, 5.74) is 2.11. The molecule has 9 nitrogen and oxygen atoms in total. The fourth-order valence-corrected chi connectivity index (χ4v) is 3.01. The second-order valence-electron chi connectivity index (χ2n) is 5.84. The van der Waals surface area contributed by atoms with E-state index in [0.717, 1.165) is 27.7 Å². The number of carbonyl (C=O) groups excluding carboxylic acids is 3. The Labute approximate surface area is 160 Å². The monoisotopic (exact) mass is 391 g/mol. The number of nitrogens with zero attached hydrogens (tertiary/aromatic N) is 4. The lowest BCUT2D eigenvalue weighted by Gasteiger charge is -2.16. The van der Waals surface area contributed by atoms with Crippen molar-refractivity contribution in [3.63, 3.8) is 0 Å². The van der Waals surface area contributed by atoms with Crippen molar-refractivity contribution in [2.75, 3.05) is 18.2 Å². The Morgan fingerprint density at radius 2 is 2.04 bits per heavy atom. The van der Waals surface area contributed by atoms with Gasteiger partial charge in [0.1, 0.15) is 0 Å². The lowest BCUT2D eigenvalue weighted by atomic mass is 9.97. The zero-order valence-corrected chi connectivity index (χ0v) is 16.2. The van der Waals surface area contributed by atoms with Crippen LogP contribution in [0.15, 0.2) is 24.3 Å². The van der Waals surface area contributed by atoms with Crippen molar-refractivity contribution in [3.05, 3.63) is 35.4 Å². The molecule has 2 rings (SSSR count). The maximum absolute atomic E-state index is 12.7. The summed E-state index contributed by atoms with van der Waals surface area (Å²) in [5.74, 6) is -0.963. The first-order valence-corrected chi connectivity index (χ1v) is 9.21. The molecule has 0 saturated heterocycles. The molecule has 144 valence electrons. The number of carbonyl (C=O) groups is 3. The van der Waals surface area contributed by atoms with E-state index < -0.39 is 11.9 Å². The summed E-state index contributed by atoms with van der Waals surface area (Å²) >= 11 is 1.10. The van der Waals surface area contributed by atoms with Crippen LogP contribution in [-0.2, 0) is 32.1 Å². The molecule has 0 spiro atoms. The number of benzene rings is 1. The van der Waals surface area contributed by atoms with Gasteiger partial charge in [0.2, 0.25) is 5.91 Å². The van der Waals surface area contributed by atoms with Gasteiger partial charge in [-0.05, 0) is 29.7 Å². The third-order valence-corrected chi connectivity index (χ3v) is 4.75. The van der Waals surface area contributed by atoms with Crippen molar-refractivity contribution in [1.82, 2.24) is 20.2 Å². The van der Waals surface area contributed by atoms with Crippen molar-refractivity contribution in [2.24, 2.45) is 5.92 Å². The van der Waals surface area contributed by atoms with Crippen molar-refractivity contribution in [2.45, 2.75) is 26.8 Å². The summed E-state index contributed by atoms with van der Waals surface area (Å²) in [4.78, 5) is 36.3. The van der Waals surface area contributed by atoms with Gasteiger partial charge in [0.15, 0.2) is 11.7 Å². The number of esters is 1. The molecule has 10 heteroatoms. The zero-order chi connectivity index (χ0) is 19.8. The van der Waals surface area contributed by atoms with Gasteiger partial charge >= 0.3 is 5.97 Å². The van der Waals surface area contributed by atoms with Crippen LogP contribution in [0.25, 0.3) is 0 Å². The highest BCUT2D eigenvalue weighted by Gasteiger charge is 2.22. The molecule has 2 aromatic rings.